The highest BCUT2D eigenvalue weighted by atomic mass is 16.5. The van der Waals surface area contributed by atoms with Crippen LogP contribution in [0.15, 0.2) is 0 Å². The highest BCUT2D eigenvalue weighted by Crippen LogP contribution is 2.15. The third-order valence-corrected chi connectivity index (χ3v) is 2.59. The van der Waals surface area contributed by atoms with E-state index in [1.54, 1.807) is 0 Å². The predicted molar refractivity (Wildman–Crippen MR) is 53.3 cm³/mol. The van der Waals surface area contributed by atoms with Crippen LogP contribution in [0.3, 0.4) is 0 Å². The van der Waals surface area contributed by atoms with E-state index in [1.165, 1.54) is 0 Å². The van der Waals surface area contributed by atoms with E-state index in [9.17, 15) is 4.79 Å². The van der Waals surface area contributed by atoms with Gasteiger partial charge >= 0.3 is 5.97 Å². The first-order chi connectivity index (χ1) is 6.61. The summed E-state index contributed by atoms with van der Waals surface area (Å²) >= 11 is 0. The van der Waals surface area contributed by atoms with Crippen LogP contribution in [0.4, 0.5) is 0 Å². The molecule has 0 aromatic carbocycles. The number of hydrogen-bond acceptors (Lipinski definition) is 3. The van der Waals surface area contributed by atoms with E-state index >= 15 is 0 Å². The molecule has 1 unspecified atom stereocenters. The second-order valence-electron chi connectivity index (χ2n) is 4.03. The Morgan fingerprint density at radius 3 is 2.79 bits per heavy atom. The molecule has 0 amide bonds. The molecule has 1 aliphatic rings. The lowest BCUT2D eigenvalue weighted by Gasteiger charge is -2.35. The summed E-state index contributed by atoms with van der Waals surface area (Å²) in [5, 5.41) is 8.78. The fourth-order valence-corrected chi connectivity index (χ4v) is 1.87. The number of rotatable bonds is 4. The Kier molecular flexibility index (Phi) is 4.35. The highest BCUT2D eigenvalue weighted by molar-refractivity contribution is 5.69. The fourth-order valence-electron chi connectivity index (χ4n) is 1.87. The van der Waals surface area contributed by atoms with E-state index in [2.05, 4.69) is 0 Å². The lowest BCUT2D eigenvalue weighted by Crippen LogP contribution is -2.47. The average Bonchev–Trinajstić information content (AvgIpc) is 2.15. The third-order valence-electron chi connectivity index (χ3n) is 2.59. The van der Waals surface area contributed by atoms with Crippen LogP contribution < -0.4 is 0 Å². The molecule has 0 aromatic rings. The number of nitrogens with zero attached hydrogens (tertiary/aromatic N) is 1. The zero-order valence-electron chi connectivity index (χ0n) is 8.90. The Balaban J connectivity index is 2.51. The summed E-state index contributed by atoms with van der Waals surface area (Å²) in [6, 6.07) is 0.539. The molecule has 0 radical (unpaired) electrons. The number of carbonyl (C=O) groups is 1. The second kappa shape index (κ2) is 5.32. The summed E-state index contributed by atoms with van der Waals surface area (Å²) in [6.45, 7) is 5.65. The molecule has 0 spiro atoms. The van der Waals surface area contributed by atoms with Crippen LogP contribution in [0.2, 0.25) is 0 Å². The van der Waals surface area contributed by atoms with E-state index in [-0.39, 0.29) is 18.6 Å². The van der Waals surface area contributed by atoms with Gasteiger partial charge < -0.3 is 9.84 Å². The number of hydrogen-bond donors (Lipinski definition) is 1. The van der Waals surface area contributed by atoms with E-state index in [0.717, 1.165) is 19.4 Å². The van der Waals surface area contributed by atoms with Crippen molar-refractivity contribution in [3.05, 3.63) is 0 Å². The Bertz CT molecular complexity index is 188. The van der Waals surface area contributed by atoms with Crippen molar-refractivity contribution in [1.82, 2.24) is 4.90 Å². The first kappa shape index (κ1) is 11.5. The molecule has 1 aliphatic heterocycles. The molecular weight excluding hydrogens is 182 g/mol. The molecule has 0 aromatic heterocycles. The van der Waals surface area contributed by atoms with Crippen LogP contribution in [-0.2, 0) is 9.53 Å². The first-order valence-electron chi connectivity index (χ1n) is 5.16. The Hall–Kier alpha value is -0.610. The van der Waals surface area contributed by atoms with Gasteiger partial charge in [-0.3, -0.25) is 9.69 Å². The van der Waals surface area contributed by atoms with Crippen molar-refractivity contribution < 1.29 is 14.6 Å². The molecule has 1 fully saturated rings. The van der Waals surface area contributed by atoms with Crippen molar-refractivity contribution in [2.45, 2.75) is 38.8 Å². The zero-order chi connectivity index (χ0) is 10.6. The standard InChI is InChI=1S/C10H19NO3/c1-8(2)11(6-10(12)13)9-4-3-5-14-7-9/h8-9H,3-7H2,1-2H3,(H,12,13). The summed E-state index contributed by atoms with van der Waals surface area (Å²) in [5.74, 6) is -0.760. The molecule has 1 saturated heterocycles. The van der Waals surface area contributed by atoms with Gasteiger partial charge in [-0.1, -0.05) is 0 Å². The Labute approximate surface area is 84.8 Å². The molecule has 1 rings (SSSR count). The van der Waals surface area contributed by atoms with Crippen LogP contribution in [0.5, 0.6) is 0 Å². The monoisotopic (exact) mass is 201 g/mol. The minimum atomic E-state index is -0.760. The maximum absolute atomic E-state index is 10.7. The summed E-state index contributed by atoms with van der Waals surface area (Å²) in [6.07, 6.45) is 2.08. The normalized spacial score (nSPS) is 23.0. The van der Waals surface area contributed by atoms with Gasteiger partial charge in [-0.2, -0.15) is 0 Å². The number of ether oxygens (including phenoxy) is 1. The van der Waals surface area contributed by atoms with E-state index in [1.807, 2.05) is 18.7 Å². The Morgan fingerprint density at radius 1 is 1.64 bits per heavy atom. The van der Waals surface area contributed by atoms with Gasteiger partial charge in [-0.25, -0.2) is 0 Å². The van der Waals surface area contributed by atoms with Crippen LogP contribution in [0.25, 0.3) is 0 Å². The predicted octanol–water partition coefficient (Wildman–Crippen LogP) is 0.960. The van der Waals surface area contributed by atoms with Crippen molar-refractivity contribution in [3.8, 4) is 0 Å². The molecule has 82 valence electrons. The largest absolute Gasteiger partial charge is 0.480 e. The van der Waals surface area contributed by atoms with E-state index in [4.69, 9.17) is 9.84 Å². The van der Waals surface area contributed by atoms with Crippen LogP contribution in [0, 0.1) is 0 Å². The molecule has 1 heterocycles. The lowest BCUT2D eigenvalue weighted by atomic mass is 10.1. The Morgan fingerprint density at radius 2 is 2.36 bits per heavy atom. The van der Waals surface area contributed by atoms with Gasteiger partial charge in [0.25, 0.3) is 0 Å². The molecule has 1 N–H and O–H groups in total. The lowest BCUT2D eigenvalue weighted by molar-refractivity contribution is -0.140. The van der Waals surface area contributed by atoms with Crippen LogP contribution in [-0.4, -0.2) is 47.8 Å². The summed E-state index contributed by atoms with van der Waals surface area (Å²) in [7, 11) is 0. The molecule has 14 heavy (non-hydrogen) atoms. The first-order valence-corrected chi connectivity index (χ1v) is 5.16. The summed E-state index contributed by atoms with van der Waals surface area (Å²) < 4.78 is 5.36. The van der Waals surface area contributed by atoms with Crippen molar-refractivity contribution in [2.24, 2.45) is 0 Å². The number of carboxylic acid groups (broad SMARTS) is 1. The van der Waals surface area contributed by atoms with E-state index in [0.29, 0.717) is 6.61 Å². The van der Waals surface area contributed by atoms with Crippen molar-refractivity contribution in [1.29, 1.82) is 0 Å². The average molecular weight is 201 g/mol. The van der Waals surface area contributed by atoms with Gasteiger partial charge in [0.1, 0.15) is 0 Å². The minimum absolute atomic E-state index is 0.117. The highest BCUT2D eigenvalue weighted by Gasteiger charge is 2.25. The SMILES string of the molecule is CC(C)N(CC(=O)O)C1CCCOC1. The fraction of sp³-hybridized carbons (Fsp3) is 0.900. The zero-order valence-corrected chi connectivity index (χ0v) is 8.90. The van der Waals surface area contributed by atoms with E-state index < -0.39 is 5.97 Å². The molecular formula is C10H19NO3. The number of aliphatic carboxylic acids is 1. The molecule has 1 atom stereocenters. The molecule has 4 heteroatoms. The minimum Gasteiger partial charge on any atom is -0.480 e. The quantitative estimate of drug-likeness (QED) is 0.736. The second-order valence-corrected chi connectivity index (χ2v) is 4.03. The summed E-state index contributed by atoms with van der Waals surface area (Å²) in [4.78, 5) is 12.7. The van der Waals surface area contributed by atoms with Gasteiger partial charge in [-0.05, 0) is 26.7 Å². The number of carboxylic acids is 1. The van der Waals surface area contributed by atoms with Gasteiger partial charge in [-0.15, -0.1) is 0 Å². The van der Waals surface area contributed by atoms with Crippen molar-refractivity contribution >= 4 is 5.97 Å². The van der Waals surface area contributed by atoms with Gasteiger partial charge in [0.15, 0.2) is 0 Å². The van der Waals surface area contributed by atoms with Crippen LogP contribution in [0.1, 0.15) is 26.7 Å². The molecule has 0 saturated carbocycles. The molecule has 4 nitrogen and oxygen atoms in total. The smallest absolute Gasteiger partial charge is 0.317 e. The van der Waals surface area contributed by atoms with Crippen molar-refractivity contribution in [3.63, 3.8) is 0 Å². The third kappa shape index (κ3) is 3.27. The van der Waals surface area contributed by atoms with Crippen LogP contribution >= 0.6 is 0 Å². The van der Waals surface area contributed by atoms with Gasteiger partial charge in [0.05, 0.1) is 13.2 Å². The van der Waals surface area contributed by atoms with Gasteiger partial charge in [0.2, 0.25) is 0 Å². The van der Waals surface area contributed by atoms with Gasteiger partial charge in [0, 0.05) is 18.7 Å². The maximum atomic E-state index is 10.7. The topological polar surface area (TPSA) is 49.8 Å². The van der Waals surface area contributed by atoms with Crippen molar-refractivity contribution in [2.75, 3.05) is 19.8 Å². The maximum Gasteiger partial charge on any atom is 0.317 e. The molecule has 0 aliphatic carbocycles. The summed E-state index contributed by atoms with van der Waals surface area (Å²) in [5.41, 5.74) is 0. The molecule has 0 bridgehead atoms.